The van der Waals surface area contributed by atoms with Crippen molar-refractivity contribution in [2.75, 3.05) is 23.3 Å². The van der Waals surface area contributed by atoms with E-state index in [0.717, 1.165) is 48.6 Å². The standard InChI is InChI=1S/C29H30Cl2N8O2/c1-29(33-15-17-5-2-3-8-20(17)34-21-9-10-23(40)36-28(21)41)11-13-39(14-12-29)22-16-32-26-25(37-38-27(26)35-22)18-6-4-7-19(30)24(18)31/h2-8,16,21,33-34H,9-15H2,1H3,(H,35,37,38)(H,36,40,41). The number of anilines is 2. The summed E-state index contributed by atoms with van der Waals surface area (Å²) in [5, 5.41) is 17.8. The number of halogens is 2. The molecule has 212 valence electrons. The lowest BCUT2D eigenvalue weighted by atomic mass is 9.89. The third-order valence-corrected chi connectivity index (χ3v) is 8.77. The first-order valence-electron chi connectivity index (χ1n) is 13.6. The highest BCUT2D eigenvalue weighted by Gasteiger charge is 2.31. The van der Waals surface area contributed by atoms with Crippen LogP contribution in [0.3, 0.4) is 0 Å². The van der Waals surface area contributed by atoms with Crippen molar-refractivity contribution in [1.82, 2.24) is 30.8 Å². The molecular formula is C29H30Cl2N8O2. The maximum absolute atomic E-state index is 12.2. The van der Waals surface area contributed by atoms with Crippen molar-refractivity contribution in [3.05, 3.63) is 64.3 Å². The summed E-state index contributed by atoms with van der Waals surface area (Å²) in [6, 6.07) is 13.0. The van der Waals surface area contributed by atoms with Gasteiger partial charge in [0.25, 0.3) is 0 Å². The van der Waals surface area contributed by atoms with Gasteiger partial charge in [0.2, 0.25) is 17.5 Å². The minimum atomic E-state index is -0.417. The third kappa shape index (κ3) is 5.72. The van der Waals surface area contributed by atoms with E-state index in [-0.39, 0.29) is 17.4 Å². The van der Waals surface area contributed by atoms with E-state index in [9.17, 15) is 9.59 Å². The van der Waals surface area contributed by atoms with Crippen LogP contribution in [0.4, 0.5) is 11.5 Å². The van der Waals surface area contributed by atoms with E-state index < -0.39 is 6.04 Å². The number of fused-ring (bicyclic) bond motifs is 1. The minimum absolute atomic E-state index is 0.0708. The Morgan fingerprint density at radius 2 is 1.90 bits per heavy atom. The van der Waals surface area contributed by atoms with E-state index >= 15 is 0 Å². The van der Waals surface area contributed by atoms with Gasteiger partial charge in [-0.25, -0.2) is 9.97 Å². The first-order valence-corrected chi connectivity index (χ1v) is 14.4. The van der Waals surface area contributed by atoms with Crippen molar-refractivity contribution in [2.45, 2.75) is 50.7 Å². The molecule has 2 amide bonds. The lowest BCUT2D eigenvalue weighted by Crippen LogP contribution is -2.51. The van der Waals surface area contributed by atoms with Crippen LogP contribution in [0.15, 0.2) is 48.7 Å². The largest absolute Gasteiger partial charge is 0.373 e. The van der Waals surface area contributed by atoms with Crippen LogP contribution < -0.4 is 20.9 Å². The second-order valence-corrected chi connectivity index (χ2v) is 11.6. The number of aromatic amines is 1. The van der Waals surface area contributed by atoms with Crippen LogP contribution >= 0.6 is 23.2 Å². The van der Waals surface area contributed by atoms with Gasteiger partial charge in [-0.05, 0) is 43.9 Å². The predicted molar refractivity (Wildman–Crippen MR) is 160 cm³/mol. The van der Waals surface area contributed by atoms with Gasteiger partial charge in [0.1, 0.15) is 17.4 Å². The molecule has 1 atom stereocenters. The van der Waals surface area contributed by atoms with Gasteiger partial charge in [-0.1, -0.05) is 53.5 Å². The fourth-order valence-electron chi connectivity index (χ4n) is 5.37. The van der Waals surface area contributed by atoms with E-state index in [0.29, 0.717) is 46.3 Å². The van der Waals surface area contributed by atoms with Crippen LogP contribution in [-0.2, 0) is 16.1 Å². The number of H-pyrrole nitrogens is 1. The van der Waals surface area contributed by atoms with E-state index in [1.54, 1.807) is 12.3 Å². The fourth-order valence-corrected chi connectivity index (χ4v) is 5.77. The van der Waals surface area contributed by atoms with Crippen molar-refractivity contribution in [1.29, 1.82) is 0 Å². The molecular weight excluding hydrogens is 563 g/mol. The Morgan fingerprint density at radius 3 is 2.71 bits per heavy atom. The van der Waals surface area contributed by atoms with E-state index in [2.05, 4.69) is 49.0 Å². The highest BCUT2D eigenvalue weighted by molar-refractivity contribution is 6.43. The van der Waals surface area contributed by atoms with Crippen LogP contribution in [0.25, 0.3) is 22.4 Å². The summed E-state index contributed by atoms with van der Waals surface area (Å²) in [5.74, 6) is 0.294. The van der Waals surface area contributed by atoms with Crippen LogP contribution in [-0.4, -0.2) is 56.6 Å². The number of benzene rings is 2. The molecule has 1 unspecified atom stereocenters. The fraction of sp³-hybridized carbons (Fsp3) is 0.345. The molecule has 2 aromatic carbocycles. The smallest absolute Gasteiger partial charge is 0.249 e. The average molecular weight is 594 g/mol. The summed E-state index contributed by atoms with van der Waals surface area (Å²) in [5.41, 5.74) is 4.50. The van der Waals surface area contributed by atoms with Crippen LogP contribution in [0.1, 0.15) is 38.2 Å². The van der Waals surface area contributed by atoms with Crippen LogP contribution in [0.2, 0.25) is 10.0 Å². The average Bonchev–Trinajstić information content (AvgIpc) is 3.39. The van der Waals surface area contributed by atoms with E-state index in [1.807, 2.05) is 30.3 Å². The Hall–Kier alpha value is -3.73. The monoisotopic (exact) mass is 592 g/mol. The third-order valence-electron chi connectivity index (χ3n) is 7.96. The summed E-state index contributed by atoms with van der Waals surface area (Å²) in [6.07, 6.45) is 4.45. The van der Waals surface area contributed by atoms with Gasteiger partial charge in [0.05, 0.1) is 21.9 Å². The molecule has 2 aliphatic heterocycles. The molecule has 0 radical (unpaired) electrons. The van der Waals surface area contributed by atoms with Crippen molar-refractivity contribution >= 4 is 57.7 Å². The number of hydrogen-bond donors (Lipinski definition) is 4. The van der Waals surface area contributed by atoms with Crippen molar-refractivity contribution < 1.29 is 9.59 Å². The first-order chi connectivity index (χ1) is 19.8. The molecule has 0 aliphatic carbocycles. The van der Waals surface area contributed by atoms with Crippen molar-refractivity contribution in [2.24, 2.45) is 0 Å². The van der Waals surface area contributed by atoms with Gasteiger partial charge in [-0.3, -0.25) is 20.0 Å². The molecule has 2 aliphatic rings. The molecule has 4 heterocycles. The van der Waals surface area contributed by atoms with Crippen LogP contribution in [0, 0.1) is 0 Å². The number of aromatic nitrogens is 4. The van der Waals surface area contributed by atoms with E-state index in [4.69, 9.17) is 28.2 Å². The normalized spacial score (nSPS) is 18.9. The Labute approximate surface area is 247 Å². The number of carbonyl (C=O) groups excluding carboxylic acids is 2. The van der Waals surface area contributed by atoms with Crippen molar-refractivity contribution in [3.63, 3.8) is 0 Å². The molecule has 10 nitrogen and oxygen atoms in total. The zero-order chi connectivity index (χ0) is 28.6. The number of imide groups is 1. The zero-order valence-electron chi connectivity index (χ0n) is 22.5. The molecule has 2 saturated heterocycles. The highest BCUT2D eigenvalue weighted by atomic mass is 35.5. The second-order valence-electron chi connectivity index (χ2n) is 10.8. The Bertz CT molecular complexity index is 1620. The van der Waals surface area contributed by atoms with Gasteiger partial charge in [0.15, 0.2) is 0 Å². The summed E-state index contributed by atoms with van der Waals surface area (Å²) in [6.45, 7) is 4.53. The molecule has 0 saturated carbocycles. The number of nitrogens with zero attached hydrogens (tertiary/aromatic N) is 4. The van der Waals surface area contributed by atoms with Gasteiger partial charge >= 0.3 is 0 Å². The lowest BCUT2D eigenvalue weighted by molar-refractivity contribution is -0.133. The number of piperidine rings is 2. The SMILES string of the molecule is CC1(NCc2ccccc2NC2CCC(=O)NC2=O)CCN(c2cnc3c(-c4cccc(Cl)c4Cl)[nH]nc3n2)CC1. The molecule has 4 N–H and O–H groups in total. The lowest BCUT2D eigenvalue weighted by Gasteiger charge is -2.40. The molecule has 2 fully saturated rings. The van der Waals surface area contributed by atoms with Gasteiger partial charge < -0.3 is 15.5 Å². The second kappa shape index (κ2) is 11.3. The Morgan fingerprint density at radius 1 is 1.10 bits per heavy atom. The zero-order valence-corrected chi connectivity index (χ0v) is 24.0. The molecule has 41 heavy (non-hydrogen) atoms. The molecule has 0 spiro atoms. The Balaban J connectivity index is 1.09. The quantitative estimate of drug-likeness (QED) is 0.227. The number of rotatable bonds is 7. The predicted octanol–water partition coefficient (Wildman–Crippen LogP) is 4.69. The van der Waals surface area contributed by atoms with Gasteiger partial charge in [-0.15, -0.1) is 0 Å². The molecule has 2 aromatic heterocycles. The van der Waals surface area contributed by atoms with Gasteiger partial charge in [0, 0.05) is 42.8 Å². The topological polar surface area (TPSA) is 128 Å². The summed E-state index contributed by atoms with van der Waals surface area (Å²) in [4.78, 5) is 35.4. The highest BCUT2D eigenvalue weighted by Crippen LogP contribution is 2.35. The number of para-hydroxylation sites is 1. The molecule has 0 bridgehead atoms. The number of carbonyl (C=O) groups is 2. The Kier molecular flexibility index (Phi) is 7.54. The summed E-state index contributed by atoms with van der Waals surface area (Å²) in [7, 11) is 0. The van der Waals surface area contributed by atoms with Gasteiger partial charge in [-0.2, -0.15) is 5.10 Å². The van der Waals surface area contributed by atoms with E-state index in [1.165, 1.54) is 0 Å². The maximum atomic E-state index is 12.2. The number of hydrogen-bond acceptors (Lipinski definition) is 8. The number of amides is 2. The number of nitrogens with one attached hydrogen (secondary N) is 4. The molecule has 6 rings (SSSR count). The van der Waals surface area contributed by atoms with Crippen LogP contribution in [0.5, 0.6) is 0 Å². The minimum Gasteiger partial charge on any atom is -0.373 e. The maximum Gasteiger partial charge on any atom is 0.249 e. The summed E-state index contributed by atoms with van der Waals surface area (Å²) < 4.78 is 0. The molecule has 4 aromatic rings. The van der Waals surface area contributed by atoms with Crippen molar-refractivity contribution in [3.8, 4) is 11.3 Å². The first kappa shape index (κ1) is 27.4. The molecule has 12 heteroatoms. The summed E-state index contributed by atoms with van der Waals surface area (Å²) >= 11 is 12.6.